The SMILES string of the molecule is Cc1cncc(CNCC(O)C(Cc2ccccc2)NC(=O)c2cc(C(=O)NC(C)c3ccccc3)cc(N(C)S(C)(=O)=O)c2)c1. The molecule has 0 saturated heterocycles. The van der Waals surface area contributed by atoms with E-state index in [-0.39, 0.29) is 29.4 Å². The van der Waals surface area contributed by atoms with Crippen LogP contribution in [-0.2, 0) is 23.0 Å². The zero-order chi connectivity index (χ0) is 33.3. The van der Waals surface area contributed by atoms with Crippen LogP contribution >= 0.6 is 0 Å². The molecule has 0 radical (unpaired) electrons. The zero-order valence-corrected chi connectivity index (χ0v) is 27.3. The first kappa shape index (κ1) is 34.3. The van der Waals surface area contributed by atoms with Crippen molar-refractivity contribution in [3.05, 3.63) is 131 Å². The van der Waals surface area contributed by atoms with E-state index in [1.807, 2.05) is 80.6 Å². The average Bonchev–Trinajstić information content (AvgIpc) is 3.04. The summed E-state index contributed by atoms with van der Waals surface area (Å²) in [6.07, 6.45) is 3.93. The minimum absolute atomic E-state index is 0.0783. The van der Waals surface area contributed by atoms with E-state index < -0.39 is 34.0 Å². The summed E-state index contributed by atoms with van der Waals surface area (Å²) in [5, 5.41) is 20.4. The van der Waals surface area contributed by atoms with Gasteiger partial charge in [-0.3, -0.25) is 18.9 Å². The first-order valence-corrected chi connectivity index (χ1v) is 16.8. The number of aliphatic hydroxyl groups is 1. The second kappa shape index (κ2) is 15.6. The predicted molar refractivity (Wildman–Crippen MR) is 180 cm³/mol. The topological polar surface area (TPSA) is 141 Å². The van der Waals surface area contributed by atoms with Crippen LogP contribution in [0.2, 0.25) is 0 Å². The number of benzene rings is 3. The Kier molecular flexibility index (Phi) is 11.6. The summed E-state index contributed by atoms with van der Waals surface area (Å²) in [6.45, 7) is 4.47. The van der Waals surface area contributed by atoms with E-state index in [2.05, 4.69) is 20.9 Å². The number of hydrogen-bond acceptors (Lipinski definition) is 7. The largest absolute Gasteiger partial charge is 0.390 e. The lowest BCUT2D eigenvalue weighted by molar-refractivity contribution is 0.0830. The maximum Gasteiger partial charge on any atom is 0.251 e. The number of aromatic nitrogens is 1. The Bertz CT molecular complexity index is 1740. The number of amides is 2. The number of rotatable bonds is 14. The van der Waals surface area contributed by atoms with Gasteiger partial charge in [0.25, 0.3) is 11.8 Å². The number of nitrogens with one attached hydrogen (secondary N) is 3. The van der Waals surface area contributed by atoms with E-state index in [4.69, 9.17) is 0 Å². The molecule has 3 atom stereocenters. The number of pyridine rings is 1. The Labute approximate surface area is 270 Å². The van der Waals surface area contributed by atoms with Crippen molar-refractivity contribution in [2.45, 2.75) is 45.0 Å². The molecule has 4 rings (SSSR count). The van der Waals surface area contributed by atoms with E-state index in [1.165, 1.54) is 25.2 Å². The minimum Gasteiger partial charge on any atom is -0.390 e. The third-order valence-electron chi connectivity index (χ3n) is 7.64. The maximum atomic E-state index is 13.8. The average molecular weight is 644 g/mol. The van der Waals surface area contributed by atoms with Crippen molar-refractivity contribution in [2.24, 2.45) is 0 Å². The molecule has 4 N–H and O–H groups in total. The third-order valence-corrected chi connectivity index (χ3v) is 8.85. The third kappa shape index (κ3) is 9.71. The Morgan fingerprint density at radius 2 is 1.48 bits per heavy atom. The van der Waals surface area contributed by atoms with Crippen LogP contribution in [0.1, 0.15) is 55.9 Å². The number of aliphatic hydroxyl groups excluding tert-OH is 1. The Balaban J connectivity index is 1.58. The molecule has 0 aliphatic rings. The summed E-state index contributed by atoms with van der Waals surface area (Å²) < 4.78 is 25.9. The van der Waals surface area contributed by atoms with Crippen LogP contribution in [-0.4, -0.2) is 62.3 Å². The first-order chi connectivity index (χ1) is 21.9. The summed E-state index contributed by atoms with van der Waals surface area (Å²) >= 11 is 0. The van der Waals surface area contributed by atoms with Crippen LogP contribution < -0.4 is 20.3 Å². The van der Waals surface area contributed by atoms with Gasteiger partial charge in [-0.25, -0.2) is 8.42 Å². The van der Waals surface area contributed by atoms with Crippen molar-refractivity contribution < 1.29 is 23.1 Å². The fraction of sp³-hybridized carbons (Fsp3) is 0.286. The quantitative estimate of drug-likeness (QED) is 0.164. The standard InChI is InChI=1S/C35H41N5O5S/c1-24-15-27(21-36-20-24)22-37-23-33(41)32(16-26-11-7-5-8-12-26)39-35(43)30-17-29(18-31(19-30)40(3)46(4,44)45)34(42)38-25(2)28-13-9-6-10-14-28/h5-15,17-21,25,32-33,37,41H,16,22-23H2,1-4H3,(H,38,42)(H,39,43). The number of carbonyl (C=O) groups is 2. The van der Waals surface area contributed by atoms with Gasteiger partial charge in [-0.15, -0.1) is 0 Å². The molecular weight excluding hydrogens is 602 g/mol. The fourth-order valence-electron chi connectivity index (χ4n) is 4.98. The molecule has 0 saturated carbocycles. The van der Waals surface area contributed by atoms with Gasteiger partial charge in [0, 0.05) is 43.7 Å². The second-order valence-corrected chi connectivity index (χ2v) is 13.5. The molecular formula is C35H41N5O5S. The van der Waals surface area contributed by atoms with E-state index in [0.717, 1.165) is 32.8 Å². The molecule has 1 heterocycles. The highest BCUT2D eigenvalue weighted by atomic mass is 32.2. The summed E-state index contributed by atoms with van der Waals surface area (Å²) in [6, 6.07) is 24.1. The molecule has 1 aromatic heterocycles. The normalized spacial score (nSPS) is 13.3. The molecule has 11 heteroatoms. The van der Waals surface area contributed by atoms with Gasteiger partial charge in [0.05, 0.1) is 30.1 Å². The second-order valence-electron chi connectivity index (χ2n) is 11.4. The summed E-state index contributed by atoms with van der Waals surface area (Å²) in [5.74, 6) is -1.03. The van der Waals surface area contributed by atoms with Crippen LogP contribution in [0.15, 0.2) is 97.3 Å². The van der Waals surface area contributed by atoms with Gasteiger partial charge in [-0.2, -0.15) is 0 Å². The summed E-state index contributed by atoms with van der Waals surface area (Å²) in [5.41, 5.74) is 4.15. The number of hydrogen-bond donors (Lipinski definition) is 4. The van der Waals surface area contributed by atoms with Crippen molar-refractivity contribution in [2.75, 3.05) is 24.2 Å². The fourth-order valence-corrected chi connectivity index (χ4v) is 5.46. The lowest BCUT2D eigenvalue weighted by Gasteiger charge is -2.25. The van der Waals surface area contributed by atoms with Crippen molar-refractivity contribution in [1.29, 1.82) is 0 Å². The van der Waals surface area contributed by atoms with Gasteiger partial charge in [0.15, 0.2) is 0 Å². The molecule has 3 unspecified atom stereocenters. The molecule has 4 aromatic rings. The minimum atomic E-state index is -3.70. The van der Waals surface area contributed by atoms with Crippen LogP contribution in [0.3, 0.4) is 0 Å². The molecule has 2 amide bonds. The molecule has 0 aliphatic carbocycles. The molecule has 46 heavy (non-hydrogen) atoms. The van der Waals surface area contributed by atoms with Crippen LogP contribution in [0.4, 0.5) is 5.69 Å². The van der Waals surface area contributed by atoms with Gasteiger partial charge in [0.1, 0.15) is 0 Å². The number of sulfonamides is 1. The van der Waals surface area contributed by atoms with Crippen molar-refractivity contribution in [3.63, 3.8) is 0 Å². The van der Waals surface area contributed by atoms with Gasteiger partial charge in [0.2, 0.25) is 10.0 Å². The van der Waals surface area contributed by atoms with E-state index in [0.29, 0.717) is 13.0 Å². The Hall–Kier alpha value is -4.58. The van der Waals surface area contributed by atoms with Crippen molar-refractivity contribution >= 4 is 27.5 Å². The number of anilines is 1. The molecule has 0 fully saturated rings. The van der Waals surface area contributed by atoms with Crippen molar-refractivity contribution in [1.82, 2.24) is 20.9 Å². The van der Waals surface area contributed by atoms with E-state index in [1.54, 1.807) is 12.4 Å². The monoisotopic (exact) mass is 643 g/mol. The lowest BCUT2D eigenvalue weighted by atomic mass is 10.00. The van der Waals surface area contributed by atoms with Crippen LogP contribution in [0, 0.1) is 6.92 Å². The Morgan fingerprint density at radius 3 is 2.09 bits per heavy atom. The Morgan fingerprint density at radius 1 is 0.870 bits per heavy atom. The van der Waals surface area contributed by atoms with Crippen LogP contribution in [0.5, 0.6) is 0 Å². The molecule has 0 aliphatic heterocycles. The van der Waals surface area contributed by atoms with Gasteiger partial charge >= 0.3 is 0 Å². The smallest absolute Gasteiger partial charge is 0.251 e. The van der Waals surface area contributed by atoms with Crippen molar-refractivity contribution in [3.8, 4) is 0 Å². The highest BCUT2D eigenvalue weighted by Crippen LogP contribution is 2.22. The molecule has 3 aromatic carbocycles. The highest BCUT2D eigenvalue weighted by Gasteiger charge is 2.25. The van der Waals surface area contributed by atoms with Gasteiger partial charge in [-0.1, -0.05) is 66.7 Å². The molecule has 242 valence electrons. The molecule has 10 nitrogen and oxygen atoms in total. The predicted octanol–water partition coefficient (Wildman–Crippen LogP) is 3.77. The van der Waals surface area contributed by atoms with E-state index in [9.17, 15) is 23.1 Å². The first-order valence-electron chi connectivity index (χ1n) is 15.0. The van der Waals surface area contributed by atoms with Gasteiger partial charge < -0.3 is 21.1 Å². The lowest BCUT2D eigenvalue weighted by Crippen LogP contribution is -2.48. The van der Waals surface area contributed by atoms with Crippen LogP contribution in [0.25, 0.3) is 0 Å². The number of aryl methyl sites for hydroxylation is 1. The number of carbonyl (C=O) groups excluding carboxylic acids is 2. The number of nitrogens with zero attached hydrogens (tertiary/aromatic N) is 2. The summed E-state index contributed by atoms with van der Waals surface area (Å²) in [4.78, 5) is 31.4. The highest BCUT2D eigenvalue weighted by molar-refractivity contribution is 7.92. The zero-order valence-electron chi connectivity index (χ0n) is 26.5. The van der Waals surface area contributed by atoms with Gasteiger partial charge in [-0.05, 0) is 60.7 Å². The molecule has 0 spiro atoms. The summed E-state index contributed by atoms with van der Waals surface area (Å²) in [7, 11) is -2.34. The maximum absolute atomic E-state index is 13.8. The van der Waals surface area contributed by atoms with E-state index >= 15 is 0 Å². The molecule has 0 bridgehead atoms.